The van der Waals surface area contributed by atoms with E-state index in [1.54, 1.807) is 0 Å². The second-order valence-electron chi connectivity index (χ2n) is 7.86. The maximum absolute atomic E-state index is 10.6. The van der Waals surface area contributed by atoms with Crippen LogP contribution in [0.4, 0.5) is 0 Å². The summed E-state index contributed by atoms with van der Waals surface area (Å²) in [5.41, 5.74) is -0.314. The minimum atomic E-state index is -0.797. The molecular weight excluding hydrogens is 306 g/mol. The zero-order chi connectivity index (χ0) is 18.4. The molecule has 1 fully saturated rings. The van der Waals surface area contributed by atoms with Crippen LogP contribution in [0.25, 0.3) is 0 Å². The summed E-state index contributed by atoms with van der Waals surface area (Å²) < 4.78 is 10.2. The van der Waals surface area contributed by atoms with Gasteiger partial charge in [-0.3, -0.25) is 10.1 Å². The Bertz CT molecular complexity index is 506. The Balaban J connectivity index is 0.000000351. The smallest absolute Gasteiger partial charge is 0.293 e. The molecule has 0 aromatic heterocycles. The highest BCUT2D eigenvalue weighted by molar-refractivity contribution is 5.37. The number of ether oxygens (including phenoxy) is 2. The summed E-state index contributed by atoms with van der Waals surface area (Å²) in [6, 6.07) is 10.0. The van der Waals surface area contributed by atoms with Gasteiger partial charge in [0.25, 0.3) is 6.47 Å². The van der Waals surface area contributed by atoms with E-state index in [4.69, 9.17) is 4.74 Å². The zero-order valence-corrected chi connectivity index (χ0v) is 15.6. The van der Waals surface area contributed by atoms with Gasteiger partial charge in [0.05, 0.1) is 18.2 Å². The summed E-state index contributed by atoms with van der Waals surface area (Å²) in [7, 11) is 0. The predicted molar refractivity (Wildman–Crippen MR) is 94.6 cm³/mol. The Morgan fingerprint density at radius 3 is 2.25 bits per heavy atom. The number of aliphatic hydroxyl groups is 1. The lowest BCUT2D eigenvalue weighted by Gasteiger charge is -2.30. The maximum atomic E-state index is 10.6. The van der Waals surface area contributed by atoms with Gasteiger partial charge in [0.1, 0.15) is 11.3 Å². The van der Waals surface area contributed by atoms with Crippen molar-refractivity contribution in [2.45, 2.75) is 70.9 Å². The van der Waals surface area contributed by atoms with Gasteiger partial charge in [0.2, 0.25) is 0 Å². The Morgan fingerprint density at radius 2 is 1.88 bits per heavy atom. The van der Waals surface area contributed by atoms with Crippen LogP contribution in [0.3, 0.4) is 0 Å². The van der Waals surface area contributed by atoms with Crippen molar-refractivity contribution in [1.82, 2.24) is 5.32 Å². The van der Waals surface area contributed by atoms with Crippen LogP contribution in [0.15, 0.2) is 30.3 Å². The first-order valence-corrected chi connectivity index (χ1v) is 8.25. The van der Waals surface area contributed by atoms with Crippen LogP contribution in [0.2, 0.25) is 0 Å². The van der Waals surface area contributed by atoms with Crippen LogP contribution in [0.5, 0.6) is 0 Å². The van der Waals surface area contributed by atoms with E-state index in [2.05, 4.69) is 10.1 Å². The molecule has 2 unspecified atom stereocenters. The van der Waals surface area contributed by atoms with Gasteiger partial charge in [-0.05, 0) is 47.1 Å². The second kappa shape index (κ2) is 8.10. The van der Waals surface area contributed by atoms with Gasteiger partial charge in [-0.25, -0.2) is 0 Å². The van der Waals surface area contributed by atoms with Crippen molar-refractivity contribution in [1.29, 1.82) is 0 Å². The number of carbonyl (C=O) groups excluding carboxylic acids is 1. The van der Waals surface area contributed by atoms with E-state index in [0.29, 0.717) is 19.5 Å². The molecule has 1 saturated heterocycles. The lowest BCUT2D eigenvalue weighted by atomic mass is 9.89. The van der Waals surface area contributed by atoms with Gasteiger partial charge in [-0.1, -0.05) is 30.3 Å². The molecule has 1 aromatic rings. The number of rotatable bonds is 4. The first kappa shape index (κ1) is 20.6. The molecule has 1 heterocycles. The third-order valence-electron chi connectivity index (χ3n) is 3.69. The molecule has 24 heavy (non-hydrogen) atoms. The summed E-state index contributed by atoms with van der Waals surface area (Å²) >= 11 is 0. The summed E-state index contributed by atoms with van der Waals surface area (Å²) in [5, 5.41) is 13.9. The molecule has 2 rings (SSSR count). The fourth-order valence-corrected chi connectivity index (χ4v) is 2.41. The number of carbonyl (C=O) groups is 1. The topological polar surface area (TPSA) is 67.8 Å². The molecule has 2 atom stereocenters. The van der Waals surface area contributed by atoms with Crippen molar-refractivity contribution in [3.8, 4) is 0 Å². The summed E-state index contributed by atoms with van der Waals surface area (Å²) in [5.74, 6) is 0. The van der Waals surface area contributed by atoms with Crippen LogP contribution < -0.4 is 5.32 Å². The van der Waals surface area contributed by atoms with E-state index in [-0.39, 0.29) is 17.4 Å². The van der Waals surface area contributed by atoms with E-state index in [1.165, 1.54) is 0 Å². The molecule has 0 amide bonds. The zero-order valence-electron chi connectivity index (χ0n) is 15.6. The van der Waals surface area contributed by atoms with Crippen LogP contribution in [0.1, 0.15) is 47.1 Å². The molecule has 136 valence electrons. The Hall–Kier alpha value is -1.43. The lowest BCUT2D eigenvalue weighted by molar-refractivity contribution is -0.138. The lowest BCUT2D eigenvalue weighted by Crippen LogP contribution is -2.52. The standard InChI is InChI=1S/C14H21NO2.C5H10O2/c1-13(2)15-12(10-17-13)14(3,16)9-11-7-5-4-6-8-11;1-5(2,3)7-4-6/h4-8,12,15-16H,9-10H2,1-3H3;4H,1-3H3. The van der Waals surface area contributed by atoms with E-state index < -0.39 is 5.60 Å². The summed E-state index contributed by atoms with van der Waals surface area (Å²) in [6.45, 7) is 12.3. The first-order valence-electron chi connectivity index (χ1n) is 8.25. The summed E-state index contributed by atoms with van der Waals surface area (Å²) in [4.78, 5) is 9.60. The van der Waals surface area contributed by atoms with E-state index in [1.807, 2.05) is 71.9 Å². The minimum Gasteiger partial charge on any atom is -0.462 e. The predicted octanol–water partition coefficient (Wildman–Crippen LogP) is 2.66. The average molecular weight is 337 g/mol. The van der Waals surface area contributed by atoms with Crippen LogP contribution in [0, 0.1) is 0 Å². The molecule has 0 saturated carbocycles. The fraction of sp³-hybridized carbons (Fsp3) is 0.632. The fourth-order valence-electron chi connectivity index (χ4n) is 2.41. The number of hydrogen-bond donors (Lipinski definition) is 2. The van der Waals surface area contributed by atoms with Crippen molar-refractivity contribution in [3.05, 3.63) is 35.9 Å². The largest absolute Gasteiger partial charge is 0.462 e. The third-order valence-corrected chi connectivity index (χ3v) is 3.69. The molecule has 0 bridgehead atoms. The van der Waals surface area contributed by atoms with E-state index in [0.717, 1.165) is 5.56 Å². The van der Waals surface area contributed by atoms with Crippen molar-refractivity contribution >= 4 is 6.47 Å². The Kier molecular flexibility index (Phi) is 6.96. The molecule has 0 radical (unpaired) electrons. The van der Waals surface area contributed by atoms with Crippen LogP contribution in [-0.4, -0.2) is 41.2 Å². The van der Waals surface area contributed by atoms with Gasteiger partial charge >= 0.3 is 0 Å². The third kappa shape index (κ3) is 7.43. The molecule has 1 aromatic carbocycles. The summed E-state index contributed by atoms with van der Waals surface area (Å²) in [6.07, 6.45) is 0.630. The molecule has 5 heteroatoms. The quantitative estimate of drug-likeness (QED) is 0.827. The number of benzene rings is 1. The van der Waals surface area contributed by atoms with Crippen molar-refractivity contribution < 1.29 is 19.4 Å². The number of nitrogens with one attached hydrogen (secondary N) is 1. The molecule has 1 aliphatic rings. The second-order valence-corrected chi connectivity index (χ2v) is 7.86. The molecule has 2 N–H and O–H groups in total. The highest BCUT2D eigenvalue weighted by atomic mass is 16.5. The van der Waals surface area contributed by atoms with Crippen LogP contribution in [-0.2, 0) is 20.7 Å². The highest BCUT2D eigenvalue weighted by Gasteiger charge is 2.41. The minimum absolute atomic E-state index is 0.0299. The van der Waals surface area contributed by atoms with Crippen molar-refractivity contribution in [3.63, 3.8) is 0 Å². The molecule has 5 nitrogen and oxygen atoms in total. The molecule has 1 aliphatic heterocycles. The SMILES string of the molecule is CC(C)(C)OC=O.CC1(C)NC(C(C)(O)Cc2ccccc2)CO1. The molecular formula is C19H31NO4. The van der Waals surface area contributed by atoms with Gasteiger partial charge < -0.3 is 14.6 Å². The monoisotopic (exact) mass is 337 g/mol. The maximum Gasteiger partial charge on any atom is 0.293 e. The number of hydrogen-bond acceptors (Lipinski definition) is 5. The Labute approximate surface area is 145 Å². The van der Waals surface area contributed by atoms with Gasteiger partial charge in [-0.15, -0.1) is 0 Å². The van der Waals surface area contributed by atoms with E-state index >= 15 is 0 Å². The van der Waals surface area contributed by atoms with Gasteiger partial charge in [0.15, 0.2) is 0 Å². The van der Waals surface area contributed by atoms with Crippen LogP contribution >= 0.6 is 0 Å². The van der Waals surface area contributed by atoms with Gasteiger partial charge in [0, 0.05) is 6.42 Å². The highest BCUT2D eigenvalue weighted by Crippen LogP contribution is 2.25. The average Bonchev–Trinajstić information content (AvgIpc) is 2.80. The van der Waals surface area contributed by atoms with Crippen molar-refractivity contribution in [2.24, 2.45) is 0 Å². The van der Waals surface area contributed by atoms with Gasteiger partial charge in [-0.2, -0.15) is 0 Å². The first-order chi connectivity index (χ1) is 11.0. The Morgan fingerprint density at radius 1 is 1.29 bits per heavy atom. The van der Waals surface area contributed by atoms with Crippen molar-refractivity contribution in [2.75, 3.05) is 6.61 Å². The van der Waals surface area contributed by atoms with E-state index in [9.17, 15) is 9.90 Å². The normalized spacial score (nSPS) is 22.0. The molecule has 0 aliphatic carbocycles. The molecule has 0 spiro atoms.